The van der Waals surface area contributed by atoms with Crippen LogP contribution in [0.3, 0.4) is 0 Å². The van der Waals surface area contributed by atoms with Crippen LogP contribution in [0, 0.1) is 17.8 Å². The molecule has 4 nitrogen and oxygen atoms in total. The van der Waals surface area contributed by atoms with Crippen LogP contribution in [0.15, 0.2) is 0 Å². The van der Waals surface area contributed by atoms with Gasteiger partial charge in [0.2, 0.25) is 0 Å². The summed E-state index contributed by atoms with van der Waals surface area (Å²) in [5.74, 6) is 2.17. The second kappa shape index (κ2) is 4.48. The van der Waals surface area contributed by atoms with Crippen molar-refractivity contribution < 1.29 is 4.79 Å². The molecule has 0 bridgehead atoms. The molecule has 4 heteroatoms. The van der Waals surface area contributed by atoms with Gasteiger partial charge in [-0.2, -0.15) is 0 Å². The summed E-state index contributed by atoms with van der Waals surface area (Å²) in [7, 11) is 0. The molecular formula is C13H25N3O. The number of carbonyl (C=O) groups is 1. The maximum atomic E-state index is 11.8. The van der Waals surface area contributed by atoms with Gasteiger partial charge in [0.25, 0.3) is 0 Å². The van der Waals surface area contributed by atoms with Crippen molar-refractivity contribution in [3.05, 3.63) is 0 Å². The van der Waals surface area contributed by atoms with Gasteiger partial charge in [0.1, 0.15) is 0 Å². The fourth-order valence-corrected chi connectivity index (χ4v) is 3.25. The zero-order valence-corrected chi connectivity index (χ0v) is 11.1. The maximum absolute atomic E-state index is 11.8. The van der Waals surface area contributed by atoms with Gasteiger partial charge in [-0.3, -0.25) is 0 Å². The first-order valence-corrected chi connectivity index (χ1v) is 6.68. The molecule has 2 aliphatic carbocycles. The van der Waals surface area contributed by atoms with Gasteiger partial charge in [-0.25, -0.2) is 4.79 Å². The lowest BCUT2D eigenvalue weighted by molar-refractivity contribution is 0.138. The monoisotopic (exact) mass is 239 g/mol. The quantitative estimate of drug-likeness (QED) is 0.683. The van der Waals surface area contributed by atoms with Gasteiger partial charge in [0, 0.05) is 11.6 Å². The van der Waals surface area contributed by atoms with Crippen molar-refractivity contribution in [2.45, 2.75) is 51.6 Å². The minimum absolute atomic E-state index is 0.0304. The van der Waals surface area contributed by atoms with Gasteiger partial charge < -0.3 is 16.4 Å². The average molecular weight is 239 g/mol. The molecule has 0 radical (unpaired) electrons. The van der Waals surface area contributed by atoms with Crippen LogP contribution in [-0.4, -0.2) is 24.2 Å². The highest BCUT2D eigenvalue weighted by Crippen LogP contribution is 2.49. The van der Waals surface area contributed by atoms with E-state index in [4.69, 9.17) is 5.73 Å². The van der Waals surface area contributed by atoms with Crippen LogP contribution >= 0.6 is 0 Å². The fourth-order valence-electron chi connectivity index (χ4n) is 3.25. The first-order chi connectivity index (χ1) is 7.89. The van der Waals surface area contributed by atoms with Gasteiger partial charge >= 0.3 is 6.03 Å². The summed E-state index contributed by atoms with van der Waals surface area (Å²) >= 11 is 0. The Balaban J connectivity index is 1.77. The summed E-state index contributed by atoms with van der Waals surface area (Å²) in [5, 5.41) is 6.05. The van der Waals surface area contributed by atoms with E-state index in [1.54, 1.807) is 0 Å². The summed E-state index contributed by atoms with van der Waals surface area (Å²) in [6.45, 7) is 6.79. The molecule has 0 spiro atoms. The minimum atomic E-state index is -0.164. The van der Waals surface area contributed by atoms with Crippen molar-refractivity contribution in [3.8, 4) is 0 Å². The molecule has 0 heterocycles. The second-order valence-electron chi connectivity index (χ2n) is 6.69. The van der Waals surface area contributed by atoms with Crippen molar-refractivity contribution in [3.63, 3.8) is 0 Å². The van der Waals surface area contributed by atoms with Crippen LogP contribution in [-0.2, 0) is 0 Å². The van der Waals surface area contributed by atoms with E-state index in [0.29, 0.717) is 17.9 Å². The molecule has 2 saturated carbocycles. The summed E-state index contributed by atoms with van der Waals surface area (Å²) in [5.41, 5.74) is 5.55. The highest BCUT2D eigenvalue weighted by atomic mass is 16.2. The number of amides is 2. The standard InChI is InChI=1S/C13H25N3O/c1-13(2,3)16-12(17)15-11-6-9-4-8(7-14)5-10(9)11/h8-11H,4-7,14H2,1-3H3,(H2,15,16,17). The van der Waals surface area contributed by atoms with Crippen molar-refractivity contribution in [2.24, 2.45) is 23.5 Å². The van der Waals surface area contributed by atoms with Crippen molar-refractivity contribution >= 4 is 6.03 Å². The Morgan fingerprint density at radius 2 is 2.00 bits per heavy atom. The predicted octanol–water partition coefficient (Wildman–Crippen LogP) is 1.46. The summed E-state index contributed by atoms with van der Waals surface area (Å²) in [4.78, 5) is 11.8. The Kier molecular flexibility index (Phi) is 3.34. The number of rotatable bonds is 2. The molecule has 0 aromatic heterocycles. The molecule has 4 unspecified atom stereocenters. The summed E-state index contributed by atoms with van der Waals surface area (Å²) in [6.07, 6.45) is 3.60. The van der Waals surface area contributed by atoms with E-state index in [2.05, 4.69) is 10.6 Å². The SMILES string of the molecule is CC(C)(C)NC(=O)NC1CC2CC(CN)CC21. The lowest BCUT2D eigenvalue weighted by atomic mass is 9.71. The van der Waals surface area contributed by atoms with E-state index >= 15 is 0 Å². The lowest BCUT2D eigenvalue weighted by Crippen LogP contribution is -2.56. The summed E-state index contributed by atoms with van der Waals surface area (Å²) < 4.78 is 0. The third-order valence-electron chi connectivity index (χ3n) is 4.06. The van der Waals surface area contributed by atoms with E-state index in [1.807, 2.05) is 20.8 Å². The molecule has 4 N–H and O–H groups in total. The van der Waals surface area contributed by atoms with Crippen LogP contribution in [0.25, 0.3) is 0 Å². The molecule has 4 atom stereocenters. The number of hydrogen-bond acceptors (Lipinski definition) is 2. The molecule has 2 aliphatic rings. The van der Waals surface area contributed by atoms with Crippen LogP contribution < -0.4 is 16.4 Å². The highest BCUT2D eigenvalue weighted by molar-refractivity contribution is 5.75. The largest absolute Gasteiger partial charge is 0.335 e. The van der Waals surface area contributed by atoms with E-state index in [9.17, 15) is 4.79 Å². The van der Waals surface area contributed by atoms with E-state index in [0.717, 1.165) is 18.9 Å². The average Bonchev–Trinajstić information content (AvgIpc) is 2.49. The number of urea groups is 1. The smallest absolute Gasteiger partial charge is 0.315 e. The van der Waals surface area contributed by atoms with E-state index in [-0.39, 0.29) is 11.6 Å². The molecule has 2 fully saturated rings. The zero-order valence-electron chi connectivity index (χ0n) is 11.1. The fraction of sp³-hybridized carbons (Fsp3) is 0.923. The summed E-state index contributed by atoms with van der Waals surface area (Å²) in [6, 6.07) is 0.344. The minimum Gasteiger partial charge on any atom is -0.335 e. The number of nitrogens with one attached hydrogen (secondary N) is 2. The molecule has 0 aliphatic heterocycles. The van der Waals surface area contributed by atoms with Crippen molar-refractivity contribution in [2.75, 3.05) is 6.54 Å². The molecule has 17 heavy (non-hydrogen) atoms. The molecule has 2 rings (SSSR count). The first-order valence-electron chi connectivity index (χ1n) is 6.68. The molecule has 0 aromatic rings. The molecule has 2 amide bonds. The first kappa shape index (κ1) is 12.7. The van der Waals surface area contributed by atoms with Crippen LogP contribution in [0.2, 0.25) is 0 Å². The Morgan fingerprint density at radius 3 is 2.59 bits per heavy atom. The van der Waals surface area contributed by atoms with Crippen molar-refractivity contribution in [1.82, 2.24) is 10.6 Å². The maximum Gasteiger partial charge on any atom is 0.315 e. The Hall–Kier alpha value is -0.770. The van der Waals surface area contributed by atoms with E-state index < -0.39 is 0 Å². The van der Waals surface area contributed by atoms with Crippen molar-refractivity contribution in [1.29, 1.82) is 0 Å². The van der Waals surface area contributed by atoms with E-state index in [1.165, 1.54) is 12.8 Å². The van der Waals surface area contributed by atoms with Gasteiger partial charge in [0.15, 0.2) is 0 Å². The van der Waals surface area contributed by atoms with Gasteiger partial charge in [-0.05, 0) is 64.3 Å². The van der Waals surface area contributed by atoms with Gasteiger partial charge in [-0.15, -0.1) is 0 Å². The Morgan fingerprint density at radius 1 is 1.29 bits per heavy atom. The highest BCUT2D eigenvalue weighted by Gasteiger charge is 2.47. The van der Waals surface area contributed by atoms with Crippen LogP contribution in [0.1, 0.15) is 40.0 Å². The third kappa shape index (κ3) is 2.92. The number of hydrogen-bond donors (Lipinski definition) is 3. The normalized spacial score (nSPS) is 36.0. The molecule has 0 aromatic carbocycles. The van der Waals surface area contributed by atoms with Gasteiger partial charge in [-0.1, -0.05) is 0 Å². The number of nitrogens with two attached hydrogens (primary N) is 1. The topological polar surface area (TPSA) is 67.2 Å². The second-order valence-corrected chi connectivity index (χ2v) is 6.69. The Labute approximate surface area is 104 Å². The van der Waals surface area contributed by atoms with Crippen LogP contribution in [0.5, 0.6) is 0 Å². The van der Waals surface area contributed by atoms with Crippen LogP contribution in [0.4, 0.5) is 4.79 Å². The zero-order chi connectivity index (χ0) is 12.6. The number of fused-ring (bicyclic) bond motifs is 1. The molecule has 0 saturated heterocycles. The third-order valence-corrected chi connectivity index (χ3v) is 4.06. The Bertz CT molecular complexity index is 298. The molecule has 98 valence electrons. The predicted molar refractivity (Wildman–Crippen MR) is 68.6 cm³/mol. The lowest BCUT2D eigenvalue weighted by Gasteiger charge is -2.41. The van der Waals surface area contributed by atoms with Gasteiger partial charge in [0.05, 0.1) is 0 Å². The number of carbonyl (C=O) groups excluding carboxylic acids is 1. The molecular weight excluding hydrogens is 214 g/mol.